The van der Waals surface area contributed by atoms with Crippen molar-refractivity contribution in [1.82, 2.24) is 14.8 Å². The number of furan rings is 1. The van der Waals surface area contributed by atoms with Crippen molar-refractivity contribution in [3.05, 3.63) is 53.4 Å². The minimum Gasteiger partial charge on any atom is -0.467 e. The van der Waals surface area contributed by atoms with E-state index in [0.29, 0.717) is 11.6 Å². The number of aliphatic hydroxyl groups excluding tert-OH is 1. The smallest absolute Gasteiger partial charge is 0.191 e. The van der Waals surface area contributed by atoms with Crippen LogP contribution in [0.15, 0.2) is 52.2 Å². The molecule has 0 fully saturated rings. The molecule has 1 aromatic carbocycles. The maximum absolute atomic E-state index is 8.87. The maximum atomic E-state index is 8.87. The van der Waals surface area contributed by atoms with E-state index in [1.54, 1.807) is 18.0 Å². The molecule has 3 aromatic rings. The van der Waals surface area contributed by atoms with E-state index in [2.05, 4.69) is 14.8 Å². The first-order chi connectivity index (χ1) is 12.3. The van der Waals surface area contributed by atoms with E-state index >= 15 is 0 Å². The summed E-state index contributed by atoms with van der Waals surface area (Å²) in [5, 5.41) is 19.2. The van der Waals surface area contributed by atoms with Gasteiger partial charge in [0.25, 0.3) is 0 Å². The summed E-state index contributed by atoms with van der Waals surface area (Å²) in [5.41, 5.74) is 0.968. The van der Waals surface area contributed by atoms with Crippen molar-refractivity contribution >= 4 is 23.4 Å². The van der Waals surface area contributed by atoms with E-state index in [4.69, 9.17) is 21.1 Å². The summed E-state index contributed by atoms with van der Waals surface area (Å²) in [6.45, 7) is 0.830. The number of nitrogens with zero attached hydrogens (tertiary/aromatic N) is 3. The molecule has 0 aliphatic heterocycles. The molecule has 0 saturated heterocycles. The summed E-state index contributed by atoms with van der Waals surface area (Å²) >= 11 is 7.67. The number of rotatable bonds is 9. The number of thioether (sulfide) groups is 1. The summed E-state index contributed by atoms with van der Waals surface area (Å²) in [4.78, 5) is 0. The van der Waals surface area contributed by atoms with Gasteiger partial charge in [0.2, 0.25) is 0 Å². The van der Waals surface area contributed by atoms with E-state index in [1.165, 1.54) is 0 Å². The Morgan fingerprint density at radius 2 is 1.92 bits per heavy atom. The Bertz CT molecular complexity index is 772. The van der Waals surface area contributed by atoms with Gasteiger partial charge in [-0.2, -0.15) is 0 Å². The maximum Gasteiger partial charge on any atom is 0.191 e. The molecule has 0 aliphatic carbocycles. The van der Waals surface area contributed by atoms with Gasteiger partial charge in [-0.3, -0.25) is 4.57 Å². The zero-order valence-electron chi connectivity index (χ0n) is 13.8. The van der Waals surface area contributed by atoms with Crippen LogP contribution < -0.4 is 0 Å². The van der Waals surface area contributed by atoms with Crippen molar-refractivity contribution in [1.29, 1.82) is 0 Å². The number of halogens is 1. The fourth-order valence-electron chi connectivity index (χ4n) is 2.46. The third-order valence-electron chi connectivity index (χ3n) is 3.75. The van der Waals surface area contributed by atoms with Crippen molar-refractivity contribution in [3.63, 3.8) is 0 Å². The minimum absolute atomic E-state index is 0.250. The second-order valence-corrected chi connectivity index (χ2v) is 7.11. The normalized spacial score (nSPS) is 11.1. The molecule has 1 N–H and O–H groups in total. The number of unbranched alkanes of at least 4 members (excludes halogenated alkanes) is 2. The van der Waals surface area contributed by atoms with Crippen molar-refractivity contribution in [2.45, 2.75) is 31.0 Å². The van der Waals surface area contributed by atoms with E-state index < -0.39 is 0 Å². The molecule has 2 heterocycles. The lowest BCUT2D eigenvalue weighted by Gasteiger charge is -2.09. The quantitative estimate of drug-likeness (QED) is 0.439. The highest BCUT2D eigenvalue weighted by Crippen LogP contribution is 2.27. The number of benzene rings is 1. The molecule has 7 heteroatoms. The topological polar surface area (TPSA) is 64.1 Å². The van der Waals surface area contributed by atoms with Gasteiger partial charge in [-0.15, -0.1) is 10.2 Å². The zero-order chi connectivity index (χ0) is 17.5. The average Bonchev–Trinajstić information content (AvgIpc) is 3.27. The lowest BCUT2D eigenvalue weighted by molar-refractivity contribution is 0.284. The first kappa shape index (κ1) is 18.0. The van der Waals surface area contributed by atoms with Gasteiger partial charge < -0.3 is 9.52 Å². The van der Waals surface area contributed by atoms with Gasteiger partial charge in [-0.25, -0.2) is 0 Å². The number of hydrogen-bond donors (Lipinski definition) is 1. The Morgan fingerprint density at radius 1 is 1.08 bits per heavy atom. The van der Waals surface area contributed by atoms with Crippen molar-refractivity contribution in [3.8, 4) is 11.4 Å². The monoisotopic (exact) mass is 377 g/mol. The molecule has 25 heavy (non-hydrogen) atoms. The zero-order valence-corrected chi connectivity index (χ0v) is 15.3. The highest BCUT2D eigenvalue weighted by molar-refractivity contribution is 7.99. The van der Waals surface area contributed by atoms with Crippen LogP contribution in [0, 0.1) is 0 Å². The summed E-state index contributed by atoms with van der Waals surface area (Å²) in [7, 11) is 0. The van der Waals surface area contributed by atoms with E-state index in [1.807, 2.05) is 36.4 Å². The fourth-order valence-corrected chi connectivity index (χ4v) is 3.53. The van der Waals surface area contributed by atoms with Crippen LogP contribution in [0.25, 0.3) is 11.4 Å². The van der Waals surface area contributed by atoms with E-state index in [9.17, 15) is 0 Å². The lowest BCUT2D eigenvalue weighted by Crippen LogP contribution is -2.03. The second-order valence-electron chi connectivity index (χ2n) is 5.61. The summed E-state index contributed by atoms with van der Waals surface area (Å²) in [6, 6.07) is 11.4. The summed E-state index contributed by atoms with van der Waals surface area (Å²) in [6.07, 6.45) is 4.56. The third kappa shape index (κ3) is 4.87. The van der Waals surface area contributed by atoms with Crippen LogP contribution in [-0.2, 0) is 6.54 Å². The molecule has 0 saturated carbocycles. The number of aliphatic hydroxyl groups is 1. The van der Waals surface area contributed by atoms with Gasteiger partial charge in [0.15, 0.2) is 11.0 Å². The molecule has 0 spiro atoms. The molecule has 2 aromatic heterocycles. The Morgan fingerprint density at radius 3 is 2.64 bits per heavy atom. The molecule has 0 bridgehead atoms. The average molecular weight is 378 g/mol. The first-order valence-electron chi connectivity index (χ1n) is 8.23. The lowest BCUT2D eigenvalue weighted by atomic mass is 10.2. The Hall–Kier alpha value is -1.76. The van der Waals surface area contributed by atoms with Crippen molar-refractivity contribution in [2.75, 3.05) is 12.4 Å². The SMILES string of the molecule is OCCCCCSc1nnc(-c2ccc(Cl)cc2)n1Cc1ccco1. The van der Waals surface area contributed by atoms with Gasteiger partial charge in [-0.1, -0.05) is 29.8 Å². The van der Waals surface area contributed by atoms with E-state index in [0.717, 1.165) is 47.3 Å². The van der Waals surface area contributed by atoms with Crippen LogP contribution >= 0.6 is 23.4 Å². The van der Waals surface area contributed by atoms with Gasteiger partial charge in [0.05, 0.1) is 12.8 Å². The van der Waals surface area contributed by atoms with Crippen LogP contribution in [0.1, 0.15) is 25.0 Å². The van der Waals surface area contributed by atoms with Gasteiger partial charge >= 0.3 is 0 Å². The van der Waals surface area contributed by atoms with Crippen LogP contribution in [0.5, 0.6) is 0 Å². The highest BCUT2D eigenvalue weighted by atomic mass is 35.5. The van der Waals surface area contributed by atoms with Crippen LogP contribution in [-0.4, -0.2) is 32.2 Å². The van der Waals surface area contributed by atoms with Crippen LogP contribution in [0.3, 0.4) is 0 Å². The van der Waals surface area contributed by atoms with Crippen LogP contribution in [0.2, 0.25) is 5.02 Å². The molecule has 0 amide bonds. The number of aromatic nitrogens is 3. The molecule has 5 nitrogen and oxygen atoms in total. The molecule has 0 aliphatic rings. The number of hydrogen-bond acceptors (Lipinski definition) is 5. The summed E-state index contributed by atoms with van der Waals surface area (Å²) in [5.74, 6) is 2.60. The molecular formula is C18H20ClN3O2S. The first-order valence-corrected chi connectivity index (χ1v) is 9.59. The molecular weight excluding hydrogens is 358 g/mol. The Balaban J connectivity index is 1.80. The van der Waals surface area contributed by atoms with Gasteiger partial charge in [0.1, 0.15) is 5.76 Å². The van der Waals surface area contributed by atoms with Crippen LogP contribution in [0.4, 0.5) is 0 Å². The van der Waals surface area contributed by atoms with Crippen molar-refractivity contribution in [2.24, 2.45) is 0 Å². The predicted molar refractivity (Wildman–Crippen MR) is 99.9 cm³/mol. The predicted octanol–water partition coefficient (Wildman–Crippen LogP) is 4.49. The van der Waals surface area contributed by atoms with Gasteiger partial charge in [0, 0.05) is 22.9 Å². The Labute approximate surface area is 156 Å². The molecule has 132 valence electrons. The minimum atomic E-state index is 0.250. The fraction of sp³-hybridized carbons (Fsp3) is 0.333. The Kier molecular flexibility index (Phi) is 6.55. The van der Waals surface area contributed by atoms with E-state index in [-0.39, 0.29) is 6.61 Å². The van der Waals surface area contributed by atoms with Gasteiger partial charge in [-0.05, 0) is 49.2 Å². The highest BCUT2D eigenvalue weighted by Gasteiger charge is 2.15. The largest absolute Gasteiger partial charge is 0.467 e. The molecule has 0 radical (unpaired) electrons. The second kappa shape index (κ2) is 9.08. The molecule has 0 unspecified atom stereocenters. The third-order valence-corrected chi connectivity index (χ3v) is 5.05. The van der Waals surface area contributed by atoms with Crippen molar-refractivity contribution < 1.29 is 9.52 Å². The molecule has 0 atom stereocenters. The standard InChI is InChI=1S/C18H20ClN3O2S/c19-15-8-6-14(7-9-15)17-20-21-18(25-12-3-1-2-10-23)22(17)13-16-5-4-11-24-16/h4-9,11,23H,1-3,10,12-13H2. The molecule has 3 rings (SSSR count). The summed E-state index contributed by atoms with van der Waals surface area (Å²) < 4.78 is 7.56.